The Hall–Kier alpha value is -1.86. The summed E-state index contributed by atoms with van der Waals surface area (Å²) in [5.41, 5.74) is 1.95. The number of hydrogen-bond acceptors (Lipinski definition) is 3. The molecule has 1 aliphatic rings. The normalized spacial score (nSPS) is 18.3. The molecule has 0 saturated carbocycles. The maximum absolute atomic E-state index is 12.1. The zero-order valence-corrected chi connectivity index (χ0v) is 11.4. The molecular weight excluding hydrogens is 238 g/mol. The first-order chi connectivity index (χ1) is 9.02. The van der Waals surface area contributed by atoms with Crippen molar-refractivity contribution >= 4 is 5.91 Å². The molecule has 4 heteroatoms. The summed E-state index contributed by atoms with van der Waals surface area (Å²) in [5, 5.41) is 15.0. The first kappa shape index (κ1) is 13.6. The van der Waals surface area contributed by atoms with Gasteiger partial charge in [-0.3, -0.25) is 4.79 Å². The zero-order chi connectivity index (χ0) is 13.9. The Labute approximate surface area is 113 Å². The highest BCUT2D eigenvalue weighted by Crippen LogP contribution is 2.16. The molecule has 2 rings (SSSR count). The molecule has 1 heterocycles. The van der Waals surface area contributed by atoms with E-state index in [1.807, 2.05) is 26.0 Å². The molecule has 4 nitrogen and oxygen atoms in total. The highest BCUT2D eigenvalue weighted by Gasteiger charge is 2.25. The molecule has 100 valence electrons. The molecule has 1 aromatic carbocycles. The molecule has 1 aromatic rings. The van der Waals surface area contributed by atoms with Gasteiger partial charge in [-0.25, -0.2) is 0 Å². The van der Waals surface area contributed by atoms with Gasteiger partial charge in [-0.15, -0.1) is 0 Å². The lowest BCUT2D eigenvalue weighted by atomic mass is 9.94. The third-order valence-electron chi connectivity index (χ3n) is 3.41. The van der Waals surface area contributed by atoms with Crippen molar-refractivity contribution in [2.75, 3.05) is 6.54 Å². The number of amides is 1. The van der Waals surface area contributed by atoms with E-state index in [1.165, 1.54) is 11.1 Å². The topological polar surface area (TPSA) is 64.9 Å². The third kappa shape index (κ3) is 3.33. The Morgan fingerprint density at radius 2 is 2.16 bits per heavy atom. The molecular formula is C15H19N3O. The fourth-order valence-corrected chi connectivity index (χ4v) is 2.11. The molecule has 0 unspecified atom stereocenters. The number of fused-ring (bicyclic) bond motifs is 1. The van der Waals surface area contributed by atoms with Gasteiger partial charge in [0.2, 0.25) is 5.91 Å². The number of benzene rings is 1. The Kier molecular flexibility index (Phi) is 3.87. The van der Waals surface area contributed by atoms with Crippen LogP contribution in [0.1, 0.15) is 25.0 Å². The van der Waals surface area contributed by atoms with Crippen LogP contribution in [-0.4, -0.2) is 18.5 Å². The molecule has 1 aliphatic heterocycles. The van der Waals surface area contributed by atoms with Crippen LogP contribution >= 0.6 is 0 Å². The summed E-state index contributed by atoms with van der Waals surface area (Å²) in [4.78, 5) is 12.1. The SMILES string of the molecule is CC(C)(C#N)CNC(=O)[C@@H]1Cc2ccccc2CN1. The van der Waals surface area contributed by atoms with E-state index in [-0.39, 0.29) is 11.9 Å². The van der Waals surface area contributed by atoms with E-state index < -0.39 is 5.41 Å². The van der Waals surface area contributed by atoms with Gasteiger partial charge in [0.1, 0.15) is 0 Å². The van der Waals surface area contributed by atoms with E-state index in [4.69, 9.17) is 5.26 Å². The molecule has 0 aliphatic carbocycles. The van der Waals surface area contributed by atoms with Crippen LogP contribution in [0.5, 0.6) is 0 Å². The minimum absolute atomic E-state index is 0.0298. The van der Waals surface area contributed by atoms with Crippen molar-refractivity contribution in [2.24, 2.45) is 5.41 Å². The second kappa shape index (κ2) is 5.41. The Balaban J connectivity index is 1.94. The summed E-state index contributed by atoms with van der Waals surface area (Å²) in [5.74, 6) is -0.0298. The van der Waals surface area contributed by atoms with Crippen molar-refractivity contribution in [3.63, 3.8) is 0 Å². The molecule has 0 aromatic heterocycles. The number of rotatable bonds is 3. The number of nitriles is 1. The molecule has 0 bridgehead atoms. The lowest BCUT2D eigenvalue weighted by molar-refractivity contribution is -0.123. The van der Waals surface area contributed by atoms with Gasteiger partial charge in [0.25, 0.3) is 0 Å². The largest absolute Gasteiger partial charge is 0.353 e. The molecule has 19 heavy (non-hydrogen) atoms. The number of hydrogen-bond donors (Lipinski definition) is 2. The van der Waals surface area contributed by atoms with Gasteiger partial charge in [0.05, 0.1) is 17.5 Å². The summed E-state index contributed by atoms with van der Waals surface area (Å²) in [6, 6.07) is 10.1. The fraction of sp³-hybridized carbons (Fsp3) is 0.467. The van der Waals surface area contributed by atoms with Crippen LogP contribution < -0.4 is 10.6 Å². The van der Waals surface area contributed by atoms with Crippen molar-refractivity contribution in [2.45, 2.75) is 32.9 Å². The van der Waals surface area contributed by atoms with Crippen molar-refractivity contribution < 1.29 is 4.79 Å². The average Bonchev–Trinajstić information content (AvgIpc) is 2.44. The summed E-state index contributed by atoms with van der Waals surface area (Å²) >= 11 is 0. The van der Waals surface area contributed by atoms with Gasteiger partial charge in [0, 0.05) is 13.1 Å². The van der Waals surface area contributed by atoms with E-state index in [1.54, 1.807) is 0 Å². The lowest BCUT2D eigenvalue weighted by Crippen LogP contribution is -2.49. The van der Waals surface area contributed by atoms with Crippen LogP contribution in [-0.2, 0) is 17.8 Å². The summed E-state index contributed by atoms with van der Waals surface area (Å²) < 4.78 is 0. The van der Waals surface area contributed by atoms with Gasteiger partial charge in [-0.2, -0.15) is 5.26 Å². The standard InChI is InChI=1S/C15H19N3O/c1-15(2,9-16)10-18-14(19)13-7-11-5-3-4-6-12(11)8-17-13/h3-6,13,17H,7-8,10H2,1-2H3,(H,18,19)/t13-/m0/s1. The van der Waals surface area contributed by atoms with Crippen LogP contribution in [0.3, 0.4) is 0 Å². The van der Waals surface area contributed by atoms with E-state index >= 15 is 0 Å². The Morgan fingerprint density at radius 3 is 2.84 bits per heavy atom. The van der Waals surface area contributed by atoms with Gasteiger partial charge >= 0.3 is 0 Å². The second-order valence-electron chi connectivity index (χ2n) is 5.62. The van der Waals surface area contributed by atoms with Crippen LogP contribution in [0.4, 0.5) is 0 Å². The number of carbonyl (C=O) groups excluding carboxylic acids is 1. The quantitative estimate of drug-likeness (QED) is 0.859. The first-order valence-corrected chi connectivity index (χ1v) is 6.51. The first-order valence-electron chi connectivity index (χ1n) is 6.51. The minimum atomic E-state index is -0.526. The van der Waals surface area contributed by atoms with E-state index in [2.05, 4.69) is 28.8 Å². The molecule has 0 radical (unpaired) electrons. The molecule has 0 saturated heterocycles. The monoisotopic (exact) mass is 257 g/mol. The molecule has 1 atom stereocenters. The Morgan fingerprint density at radius 1 is 1.47 bits per heavy atom. The minimum Gasteiger partial charge on any atom is -0.353 e. The maximum Gasteiger partial charge on any atom is 0.237 e. The third-order valence-corrected chi connectivity index (χ3v) is 3.41. The highest BCUT2D eigenvalue weighted by atomic mass is 16.2. The van der Waals surface area contributed by atoms with Crippen molar-refractivity contribution in [3.05, 3.63) is 35.4 Å². The summed E-state index contributed by atoms with van der Waals surface area (Å²) in [6.45, 7) is 4.73. The smallest absolute Gasteiger partial charge is 0.237 e. The van der Waals surface area contributed by atoms with Crippen LogP contribution in [0.25, 0.3) is 0 Å². The van der Waals surface area contributed by atoms with Gasteiger partial charge in [-0.05, 0) is 31.4 Å². The van der Waals surface area contributed by atoms with Gasteiger partial charge in [-0.1, -0.05) is 24.3 Å². The van der Waals surface area contributed by atoms with Crippen molar-refractivity contribution in [1.82, 2.24) is 10.6 Å². The lowest BCUT2D eigenvalue weighted by Gasteiger charge is -2.26. The summed E-state index contributed by atoms with van der Waals surface area (Å²) in [7, 11) is 0. The van der Waals surface area contributed by atoms with Crippen LogP contribution in [0, 0.1) is 16.7 Å². The van der Waals surface area contributed by atoms with E-state index in [0.717, 1.165) is 6.54 Å². The fourth-order valence-electron chi connectivity index (χ4n) is 2.11. The predicted molar refractivity (Wildman–Crippen MR) is 73.2 cm³/mol. The molecule has 2 N–H and O–H groups in total. The van der Waals surface area contributed by atoms with Gasteiger partial charge in [0.15, 0.2) is 0 Å². The maximum atomic E-state index is 12.1. The Bertz CT molecular complexity index is 516. The van der Waals surface area contributed by atoms with Crippen LogP contribution in [0.2, 0.25) is 0 Å². The van der Waals surface area contributed by atoms with Crippen LogP contribution in [0.15, 0.2) is 24.3 Å². The number of nitrogens with zero attached hydrogens (tertiary/aromatic N) is 1. The van der Waals surface area contributed by atoms with E-state index in [9.17, 15) is 4.79 Å². The molecule has 0 spiro atoms. The zero-order valence-electron chi connectivity index (χ0n) is 11.4. The predicted octanol–water partition coefficient (Wildman–Crippen LogP) is 1.37. The average molecular weight is 257 g/mol. The number of nitrogens with one attached hydrogen (secondary N) is 2. The second-order valence-corrected chi connectivity index (χ2v) is 5.62. The highest BCUT2D eigenvalue weighted by molar-refractivity contribution is 5.82. The molecule has 1 amide bonds. The summed E-state index contributed by atoms with van der Waals surface area (Å²) in [6.07, 6.45) is 0.703. The van der Waals surface area contributed by atoms with Gasteiger partial charge < -0.3 is 10.6 Å². The van der Waals surface area contributed by atoms with Crippen molar-refractivity contribution in [3.8, 4) is 6.07 Å². The van der Waals surface area contributed by atoms with Crippen molar-refractivity contribution in [1.29, 1.82) is 5.26 Å². The number of carbonyl (C=O) groups is 1. The van der Waals surface area contributed by atoms with E-state index in [0.29, 0.717) is 13.0 Å². The molecule has 0 fully saturated rings.